The first-order valence-electron chi connectivity index (χ1n) is 6.20. The molecule has 2 aromatic rings. The summed E-state index contributed by atoms with van der Waals surface area (Å²) in [6.07, 6.45) is 1.44. The summed E-state index contributed by atoms with van der Waals surface area (Å²) >= 11 is 0. The van der Waals surface area contributed by atoms with Crippen molar-refractivity contribution in [2.45, 2.75) is 13.8 Å². The van der Waals surface area contributed by atoms with Crippen molar-refractivity contribution in [1.29, 1.82) is 0 Å². The van der Waals surface area contributed by atoms with Crippen molar-refractivity contribution >= 4 is 23.2 Å². The normalized spacial score (nSPS) is 10.2. The van der Waals surface area contributed by atoms with Crippen LogP contribution in [-0.4, -0.2) is 18.1 Å². The second-order valence-corrected chi connectivity index (χ2v) is 4.52. The van der Waals surface area contributed by atoms with E-state index >= 15 is 0 Å². The smallest absolute Gasteiger partial charge is 0.340 e. The van der Waals surface area contributed by atoms with Crippen LogP contribution in [0.25, 0.3) is 0 Å². The van der Waals surface area contributed by atoms with E-state index in [9.17, 15) is 4.79 Å². The number of pyridine rings is 1. The molecule has 3 N–H and O–H groups in total. The molecule has 0 bridgehead atoms. The molecule has 104 valence electrons. The van der Waals surface area contributed by atoms with Crippen LogP contribution >= 0.6 is 0 Å². The molecule has 0 spiro atoms. The second kappa shape index (κ2) is 5.61. The molecule has 0 aliphatic heterocycles. The fourth-order valence-electron chi connectivity index (χ4n) is 1.85. The number of nitrogens with one attached hydrogen (secondary N) is 1. The summed E-state index contributed by atoms with van der Waals surface area (Å²) in [7, 11) is 1.32. The van der Waals surface area contributed by atoms with E-state index in [4.69, 9.17) is 10.5 Å². The maximum atomic E-state index is 11.6. The summed E-state index contributed by atoms with van der Waals surface area (Å²) in [4.78, 5) is 15.8. The molecule has 1 aromatic carbocycles. The zero-order valence-corrected chi connectivity index (χ0v) is 11.7. The molecule has 0 fully saturated rings. The van der Waals surface area contributed by atoms with Crippen LogP contribution in [0.1, 0.15) is 21.5 Å². The number of aromatic nitrogens is 1. The predicted molar refractivity (Wildman–Crippen MR) is 79.2 cm³/mol. The first-order chi connectivity index (χ1) is 9.52. The number of hydrogen-bond donors (Lipinski definition) is 2. The van der Waals surface area contributed by atoms with Crippen molar-refractivity contribution in [2.75, 3.05) is 18.2 Å². The van der Waals surface area contributed by atoms with Crippen LogP contribution in [0.2, 0.25) is 0 Å². The molecule has 0 amide bonds. The third kappa shape index (κ3) is 2.71. The van der Waals surface area contributed by atoms with E-state index in [0.29, 0.717) is 17.1 Å². The number of carbonyl (C=O) groups is 1. The van der Waals surface area contributed by atoms with Gasteiger partial charge in [0, 0.05) is 5.69 Å². The number of anilines is 3. The van der Waals surface area contributed by atoms with Crippen LogP contribution < -0.4 is 11.1 Å². The summed E-state index contributed by atoms with van der Waals surface area (Å²) < 4.78 is 4.69. The van der Waals surface area contributed by atoms with Gasteiger partial charge in [-0.2, -0.15) is 0 Å². The summed E-state index contributed by atoms with van der Waals surface area (Å²) in [6, 6.07) is 7.54. The zero-order valence-electron chi connectivity index (χ0n) is 11.7. The fourth-order valence-corrected chi connectivity index (χ4v) is 1.85. The molecule has 0 unspecified atom stereocenters. The van der Waals surface area contributed by atoms with E-state index in [1.807, 2.05) is 32.0 Å². The largest absolute Gasteiger partial charge is 0.465 e. The number of carbonyl (C=O) groups excluding carboxylic acids is 1. The fraction of sp³-hybridized carbons (Fsp3) is 0.200. The average molecular weight is 271 g/mol. The lowest BCUT2D eigenvalue weighted by atomic mass is 10.1. The van der Waals surface area contributed by atoms with Gasteiger partial charge in [-0.25, -0.2) is 9.78 Å². The summed E-state index contributed by atoms with van der Waals surface area (Å²) in [5.74, 6) is 0.0715. The third-order valence-electron chi connectivity index (χ3n) is 3.21. The van der Waals surface area contributed by atoms with Gasteiger partial charge >= 0.3 is 5.97 Å². The van der Waals surface area contributed by atoms with Crippen molar-refractivity contribution in [2.24, 2.45) is 0 Å². The molecule has 5 heteroatoms. The Hall–Kier alpha value is -2.56. The summed E-state index contributed by atoms with van der Waals surface area (Å²) in [6.45, 7) is 4.06. The molecule has 0 aliphatic carbocycles. The lowest BCUT2D eigenvalue weighted by molar-refractivity contribution is 0.0602. The quantitative estimate of drug-likeness (QED) is 0.839. The summed E-state index contributed by atoms with van der Waals surface area (Å²) in [5, 5.41) is 3.19. The number of nitrogens with zero attached hydrogens (tertiary/aromatic N) is 1. The molecule has 2 rings (SSSR count). The van der Waals surface area contributed by atoms with Gasteiger partial charge in [-0.1, -0.05) is 12.1 Å². The third-order valence-corrected chi connectivity index (χ3v) is 3.21. The van der Waals surface area contributed by atoms with Crippen molar-refractivity contribution < 1.29 is 9.53 Å². The Balaban J connectivity index is 2.35. The van der Waals surface area contributed by atoms with Gasteiger partial charge in [0.2, 0.25) is 0 Å². The van der Waals surface area contributed by atoms with Crippen molar-refractivity contribution in [3.8, 4) is 0 Å². The number of aryl methyl sites for hydroxylation is 1. The van der Waals surface area contributed by atoms with Crippen molar-refractivity contribution in [3.63, 3.8) is 0 Å². The van der Waals surface area contributed by atoms with Gasteiger partial charge in [0.05, 0.1) is 24.6 Å². The highest BCUT2D eigenvalue weighted by Crippen LogP contribution is 2.23. The van der Waals surface area contributed by atoms with Crippen LogP contribution in [0, 0.1) is 13.8 Å². The maximum Gasteiger partial charge on any atom is 0.340 e. The predicted octanol–water partition coefficient (Wildman–Crippen LogP) is 2.81. The number of nitrogens with two attached hydrogens (primary N) is 1. The molecule has 20 heavy (non-hydrogen) atoms. The zero-order chi connectivity index (χ0) is 14.7. The minimum absolute atomic E-state index is 0.295. The minimum Gasteiger partial charge on any atom is -0.465 e. The highest BCUT2D eigenvalue weighted by Gasteiger charge is 2.12. The number of hydrogen-bond acceptors (Lipinski definition) is 5. The van der Waals surface area contributed by atoms with Gasteiger partial charge in [-0.05, 0) is 37.1 Å². The molecule has 1 aromatic heterocycles. The molecule has 0 aliphatic rings. The van der Waals surface area contributed by atoms with Gasteiger partial charge in [-0.15, -0.1) is 0 Å². The highest BCUT2D eigenvalue weighted by atomic mass is 16.5. The van der Waals surface area contributed by atoms with Crippen LogP contribution in [0.5, 0.6) is 0 Å². The van der Waals surface area contributed by atoms with Crippen molar-refractivity contribution in [3.05, 3.63) is 47.2 Å². The van der Waals surface area contributed by atoms with Gasteiger partial charge in [-0.3, -0.25) is 0 Å². The lowest BCUT2D eigenvalue weighted by Crippen LogP contribution is -2.07. The number of ether oxygens (including phenoxy) is 1. The number of methoxy groups -OCH3 is 1. The van der Waals surface area contributed by atoms with E-state index in [2.05, 4.69) is 10.3 Å². The SMILES string of the molecule is COC(=O)c1cc(Nc2cccc(C)c2C)ncc1N. The van der Waals surface area contributed by atoms with E-state index < -0.39 is 5.97 Å². The Morgan fingerprint density at radius 2 is 2.10 bits per heavy atom. The molecule has 5 nitrogen and oxygen atoms in total. The van der Waals surface area contributed by atoms with Crippen LogP contribution in [0.15, 0.2) is 30.5 Å². The molecule has 0 atom stereocenters. The van der Waals surface area contributed by atoms with Crippen LogP contribution in [0.4, 0.5) is 17.2 Å². The number of benzene rings is 1. The molecular weight excluding hydrogens is 254 g/mol. The molecule has 0 saturated heterocycles. The van der Waals surface area contributed by atoms with Gasteiger partial charge in [0.25, 0.3) is 0 Å². The Morgan fingerprint density at radius 1 is 1.35 bits per heavy atom. The standard InChI is InChI=1S/C15H17N3O2/c1-9-5-4-6-13(10(9)2)18-14-7-11(15(19)20-3)12(16)8-17-14/h4-8H,16H2,1-3H3,(H,17,18). The Labute approximate surface area is 117 Å². The molecule has 0 saturated carbocycles. The monoisotopic (exact) mass is 271 g/mol. The number of esters is 1. The van der Waals surface area contributed by atoms with Crippen molar-refractivity contribution in [1.82, 2.24) is 4.98 Å². The Bertz CT molecular complexity index is 654. The first kappa shape index (κ1) is 13.9. The van der Waals surface area contributed by atoms with Crippen LogP contribution in [0.3, 0.4) is 0 Å². The maximum absolute atomic E-state index is 11.6. The first-order valence-corrected chi connectivity index (χ1v) is 6.20. The van der Waals surface area contributed by atoms with Gasteiger partial charge in [0.1, 0.15) is 5.82 Å². The van der Waals surface area contributed by atoms with Gasteiger partial charge < -0.3 is 15.8 Å². The second-order valence-electron chi connectivity index (χ2n) is 4.52. The van der Waals surface area contributed by atoms with E-state index in [1.165, 1.54) is 18.9 Å². The molecular formula is C15H17N3O2. The van der Waals surface area contributed by atoms with E-state index in [-0.39, 0.29) is 0 Å². The molecule has 1 heterocycles. The Kier molecular flexibility index (Phi) is 3.89. The Morgan fingerprint density at radius 3 is 2.80 bits per heavy atom. The van der Waals surface area contributed by atoms with Gasteiger partial charge in [0.15, 0.2) is 0 Å². The average Bonchev–Trinajstić information content (AvgIpc) is 2.45. The highest BCUT2D eigenvalue weighted by molar-refractivity contribution is 5.95. The van der Waals surface area contributed by atoms with E-state index in [1.54, 1.807) is 6.07 Å². The number of rotatable bonds is 3. The topological polar surface area (TPSA) is 77.2 Å². The summed E-state index contributed by atoms with van der Waals surface area (Å²) in [5.41, 5.74) is 9.57. The number of nitrogen functional groups attached to an aromatic ring is 1. The lowest BCUT2D eigenvalue weighted by Gasteiger charge is -2.12. The van der Waals surface area contributed by atoms with Crippen LogP contribution in [-0.2, 0) is 4.74 Å². The van der Waals surface area contributed by atoms with E-state index in [0.717, 1.165) is 11.3 Å². The minimum atomic E-state index is -0.478. The molecule has 0 radical (unpaired) electrons.